The van der Waals surface area contributed by atoms with Crippen LogP contribution < -0.4 is 10.1 Å². The third kappa shape index (κ3) is 4.80. The van der Waals surface area contributed by atoms with Crippen LogP contribution in [0.15, 0.2) is 18.2 Å². The second-order valence-electron chi connectivity index (χ2n) is 6.09. The number of likely N-dealkylation sites (N-methyl/N-ethyl adjacent to an activating group) is 1. The number of hydrogen-bond acceptors (Lipinski definition) is 3. The van der Waals surface area contributed by atoms with Crippen molar-refractivity contribution >= 4 is 0 Å². The number of aryl methyl sites for hydroxylation is 1. The van der Waals surface area contributed by atoms with Crippen LogP contribution in [0.25, 0.3) is 0 Å². The van der Waals surface area contributed by atoms with Gasteiger partial charge in [-0.2, -0.15) is 0 Å². The highest BCUT2D eigenvalue weighted by molar-refractivity contribution is 5.36. The van der Waals surface area contributed by atoms with Gasteiger partial charge >= 0.3 is 0 Å². The lowest BCUT2D eigenvalue weighted by Gasteiger charge is -2.26. The van der Waals surface area contributed by atoms with E-state index in [1.54, 1.807) is 0 Å². The van der Waals surface area contributed by atoms with Gasteiger partial charge in [0.2, 0.25) is 0 Å². The van der Waals surface area contributed by atoms with E-state index < -0.39 is 0 Å². The predicted molar refractivity (Wildman–Crippen MR) is 84.5 cm³/mol. The average molecular weight is 279 g/mol. The van der Waals surface area contributed by atoms with Crippen molar-refractivity contribution in [3.8, 4) is 5.75 Å². The number of rotatable bonds is 8. The summed E-state index contributed by atoms with van der Waals surface area (Å²) in [5.74, 6) is 1.48. The van der Waals surface area contributed by atoms with E-state index in [9.17, 15) is 5.11 Å². The fourth-order valence-electron chi connectivity index (χ4n) is 2.32. The minimum absolute atomic E-state index is 0.145. The number of aliphatic hydroxyl groups excluding tert-OH is 1. The van der Waals surface area contributed by atoms with Crippen LogP contribution in [0, 0.1) is 6.92 Å². The molecule has 1 aromatic rings. The maximum absolute atomic E-state index is 9.32. The maximum atomic E-state index is 9.32. The van der Waals surface area contributed by atoms with Crippen molar-refractivity contribution in [2.45, 2.75) is 52.0 Å². The Kier molecular flexibility index (Phi) is 6.50. The molecule has 2 N–H and O–H groups in total. The summed E-state index contributed by atoms with van der Waals surface area (Å²) >= 11 is 0. The molecule has 0 aromatic heterocycles. The summed E-state index contributed by atoms with van der Waals surface area (Å²) in [6, 6.07) is 6.31. The Hall–Kier alpha value is -1.06. The average Bonchev–Trinajstić information content (AvgIpc) is 2.43. The molecule has 0 aliphatic carbocycles. The Morgan fingerprint density at radius 3 is 2.55 bits per heavy atom. The van der Waals surface area contributed by atoms with Gasteiger partial charge in [-0.05, 0) is 62.9 Å². The van der Waals surface area contributed by atoms with Crippen molar-refractivity contribution in [2.24, 2.45) is 0 Å². The summed E-state index contributed by atoms with van der Waals surface area (Å²) in [6.07, 6.45) is 1.81. The molecule has 0 heterocycles. The first-order valence-electron chi connectivity index (χ1n) is 7.45. The minimum Gasteiger partial charge on any atom is -0.494 e. The second kappa shape index (κ2) is 7.65. The molecule has 1 aromatic carbocycles. The highest BCUT2D eigenvalue weighted by Crippen LogP contribution is 2.23. The zero-order valence-electron chi connectivity index (χ0n) is 13.5. The highest BCUT2D eigenvalue weighted by atomic mass is 16.5. The van der Waals surface area contributed by atoms with E-state index in [-0.39, 0.29) is 12.1 Å². The Morgan fingerprint density at radius 2 is 2.05 bits per heavy atom. The fraction of sp³-hybridized carbons (Fsp3) is 0.647. The van der Waals surface area contributed by atoms with Gasteiger partial charge in [0.25, 0.3) is 0 Å². The van der Waals surface area contributed by atoms with E-state index in [1.807, 2.05) is 20.0 Å². The summed E-state index contributed by atoms with van der Waals surface area (Å²) in [7, 11) is 1.88. The van der Waals surface area contributed by atoms with Crippen LogP contribution in [0.5, 0.6) is 5.75 Å². The molecule has 0 radical (unpaired) electrons. The predicted octanol–water partition coefficient (Wildman–Crippen LogP) is 3.25. The SMILES string of the molecule is CNC(C)(CO)CCCOc1ccc(C(C)C)c(C)c1. The molecular weight excluding hydrogens is 250 g/mol. The molecule has 1 unspecified atom stereocenters. The molecule has 0 bridgehead atoms. The molecule has 0 amide bonds. The van der Waals surface area contributed by atoms with Crippen LogP contribution in [-0.2, 0) is 0 Å². The molecule has 3 nitrogen and oxygen atoms in total. The first-order chi connectivity index (χ1) is 9.41. The van der Waals surface area contributed by atoms with Gasteiger partial charge in [-0.15, -0.1) is 0 Å². The third-order valence-corrected chi connectivity index (χ3v) is 3.96. The molecule has 0 spiro atoms. The van der Waals surface area contributed by atoms with Crippen molar-refractivity contribution in [1.29, 1.82) is 0 Å². The van der Waals surface area contributed by atoms with Gasteiger partial charge in [-0.1, -0.05) is 19.9 Å². The Balaban J connectivity index is 2.45. The molecule has 0 saturated carbocycles. The van der Waals surface area contributed by atoms with Gasteiger partial charge in [0, 0.05) is 5.54 Å². The Bertz CT molecular complexity index is 411. The van der Waals surface area contributed by atoms with E-state index in [0.717, 1.165) is 18.6 Å². The van der Waals surface area contributed by atoms with Crippen molar-refractivity contribution in [2.75, 3.05) is 20.3 Å². The lowest BCUT2D eigenvalue weighted by molar-refractivity contribution is 0.163. The second-order valence-corrected chi connectivity index (χ2v) is 6.09. The van der Waals surface area contributed by atoms with Crippen molar-refractivity contribution < 1.29 is 9.84 Å². The first-order valence-corrected chi connectivity index (χ1v) is 7.45. The van der Waals surface area contributed by atoms with Gasteiger partial charge in [0.1, 0.15) is 5.75 Å². The summed E-state index contributed by atoms with van der Waals surface area (Å²) in [6.45, 7) is 9.39. The molecular formula is C17H29NO2. The summed E-state index contributed by atoms with van der Waals surface area (Å²) < 4.78 is 5.80. The first kappa shape index (κ1) is 17.0. The quantitative estimate of drug-likeness (QED) is 0.718. The van der Waals surface area contributed by atoms with E-state index in [4.69, 9.17) is 4.74 Å². The van der Waals surface area contributed by atoms with Crippen LogP contribution >= 0.6 is 0 Å². The Labute approximate surface area is 123 Å². The van der Waals surface area contributed by atoms with Crippen molar-refractivity contribution in [3.63, 3.8) is 0 Å². The number of ether oxygens (including phenoxy) is 1. The zero-order chi connectivity index (χ0) is 15.2. The number of nitrogens with one attached hydrogen (secondary N) is 1. The monoisotopic (exact) mass is 279 g/mol. The van der Waals surface area contributed by atoms with Crippen LogP contribution in [0.3, 0.4) is 0 Å². The summed E-state index contributed by atoms with van der Waals surface area (Å²) in [4.78, 5) is 0. The molecule has 0 fully saturated rings. The molecule has 114 valence electrons. The summed E-state index contributed by atoms with van der Waals surface area (Å²) in [5.41, 5.74) is 2.45. The standard InChI is InChI=1S/C17H29NO2/c1-13(2)16-8-7-15(11-14(16)3)20-10-6-9-17(4,12-19)18-5/h7-8,11,13,18-19H,6,9-10,12H2,1-5H3. The van der Waals surface area contributed by atoms with Gasteiger partial charge in [0.05, 0.1) is 13.2 Å². The number of hydrogen-bond donors (Lipinski definition) is 2. The molecule has 20 heavy (non-hydrogen) atoms. The lowest BCUT2D eigenvalue weighted by atomic mass is 9.97. The number of benzene rings is 1. The van der Waals surface area contributed by atoms with E-state index in [0.29, 0.717) is 12.5 Å². The highest BCUT2D eigenvalue weighted by Gasteiger charge is 2.19. The molecule has 1 rings (SSSR count). The van der Waals surface area contributed by atoms with Gasteiger partial charge in [-0.25, -0.2) is 0 Å². The molecule has 0 aliphatic heterocycles. The lowest BCUT2D eigenvalue weighted by Crippen LogP contribution is -2.43. The normalized spacial score (nSPS) is 14.3. The van der Waals surface area contributed by atoms with E-state index >= 15 is 0 Å². The zero-order valence-corrected chi connectivity index (χ0v) is 13.5. The van der Waals surface area contributed by atoms with Crippen LogP contribution in [-0.4, -0.2) is 30.9 Å². The molecule has 0 aliphatic rings. The fourth-order valence-corrected chi connectivity index (χ4v) is 2.32. The van der Waals surface area contributed by atoms with Gasteiger partial charge in [-0.3, -0.25) is 0 Å². The molecule has 0 saturated heterocycles. The third-order valence-electron chi connectivity index (χ3n) is 3.96. The Morgan fingerprint density at radius 1 is 1.35 bits per heavy atom. The van der Waals surface area contributed by atoms with Crippen LogP contribution in [0.1, 0.15) is 50.7 Å². The molecule has 3 heteroatoms. The minimum atomic E-state index is -0.208. The van der Waals surface area contributed by atoms with Crippen LogP contribution in [0.4, 0.5) is 0 Å². The van der Waals surface area contributed by atoms with Crippen LogP contribution in [0.2, 0.25) is 0 Å². The maximum Gasteiger partial charge on any atom is 0.119 e. The molecule has 1 atom stereocenters. The van der Waals surface area contributed by atoms with Crippen molar-refractivity contribution in [3.05, 3.63) is 29.3 Å². The van der Waals surface area contributed by atoms with Gasteiger partial charge in [0.15, 0.2) is 0 Å². The largest absolute Gasteiger partial charge is 0.494 e. The van der Waals surface area contributed by atoms with Crippen molar-refractivity contribution in [1.82, 2.24) is 5.32 Å². The number of aliphatic hydroxyl groups is 1. The smallest absolute Gasteiger partial charge is 0.119 e. The van der Waals surface area contributed by atoms with E-state index in [1.165, 1.54) is 11.1 Å². The summed E-state index contributed by atoms with van der Waals surface area (Å²) in [5, 5.41) is 12.5. The topological polar surface area (TPSA) is 41.5 Å². The van der Waals surface area contributed by atoms with Gasteiger partial charge < -0.3 is 15.2 Å². The van der Waals surface area contributed by atoms with E-state index in [2.05, 4.69) is 38.2 Å².